The summed E-state index contributed by atoms with van der Waals surface area (Å²) in [5.74, 6) is 2.37. The molecule has 0 saturated heterocycles. The standard InChI is InChI=1S/C20H35N5O2.HI/c1-5-21-20(23-13-18-22-11-12-25(18)14-15(3)4)24-17-9-7-16(8-10-17)19(26)27-6-2;/h11-12,15-17H,5-10,13-14H2,1-4H3,(H2,21,23,24);1H. The first-order valence-electron chi connectivity index (χ1n) is 10.2. The van der Waals surface area contributed by atoms with Gasteiger partial charge in [0.15, 0.2) is 5.96 Å². The summed E-state index contributed by atoms with van der Waals surface area (Å²) in [5, 5.41) is 6.84. The number of halogens is 1. The zero-order chi connectivity index (χ0) is 19.6. The summed E-state index contributed by atoms with van der Waals surface area (Å²) in [6, 6.07) is 0.337. The Balaban J connectivity index is 0.00000392. The van der Waals surface area contributed by atoms with Crippen LogP contribution in [0.3, 0.4) is 0 Å². The summed E-state index contributed by atoms with van der Waals surface area (Å²) in [7, 11) is 0. The fraction of sp³-hybridized carbons (Fsp3) is 0.750. The smallest absolute Gasteiger partial charge is 0.308 e. The molecule has 8 heteroatoms. The van der Waals surface area contributed by atoms with Gasteiger partial charge in [-0.2, -0.15) is 0 Å². The molecule has 1 fully saturated rings. The van der Waals surface area contributed by atoms with Gasteiger partial charge in [0.1, 0.15) is 12.4 Å². The number of aromatic nitrogens is 2. The number of aliphatic imine (C=N–C) groups is 1. The Labute approximate surface area is 186 Å². The molecule has 28 heavy (non-hydrogen) atoms. The summed E-state index contributed by atoms with van der Waals surface area (Å²) in [5.41, 5.74) is 0. The molecule has 0 aromatic carbocycles. The molecule has 160 valence electrons. The Kier molecular flexibility index (Phi) is 11.5. The van der Waals surface area contributed by atoms with E-state index < -0.39 is 0 Å². The summed E-state index contributed by atoms with van der Waals surface area (Å²) >= 11 is 0. The number of nitrogens with zero attached hydrogens (tertiary/aromatic N) is 3. The number of esters is 1. The van der Waals surface area contributed by atoms with Crippen LogP contribution in [0.1, 0.15) is 59.2 Å². The van der Waals surface area contributed by atoms with Crippen LogP contribution >= 0.6 is 24.0 Å². The fourth-order valence-electron chi connectivity index (χ4n) is 3.45. The lowest BCUT2D eigenvalue weighted by molar-refractivity contribution is -0.149. The number of rotatable bonds is 8. The molecule has 0 unspecified atom stereocenters. The number of guanidine groups is 1. The van der Waals surface area contributed by atoms with E-state index in [1.807, 2.05) is 19.3 Å². The van der Waals surface area contributed by atoms with Crippen LogP contribution in [0.25, 0.3) is 0 Å². The number of nitrogens with one attached hydrogen (secondary N) is 2. The lowest BCUT2D eigenvalue weighted by atomic mass is 9.86. The molecular formula is C20H36IN5O2. The molecule has 2 rings (SSSR count). The van der Waals surface area contributed by atoms with Crippen molar-refractivity contribution >= 4 is 35.9 Å². The predicted octanol–water partition coefficient (Wildman–Crippen LogP) is 3.33. The Morgan fingerprint density at radius 2 is 2.04 bits per heavy atom. The summed E-state index contributed by atoms with van der Waals surface area (Å²) in [6.07, 6.45) is 7.50. The van der Waals surface area contributed by atoms with Gasteiger partial charge < -0.3 is 19.9 Å². The topological polar surface area (TPSA) is 80.5 Å². The molecule has 1 heterocycles. The zero-order valence-electron chi connectivity index (χ0n) is 17.6. The fourth-order valence-corrected chi connectivity index (χ4v) is 3.45. The molecule has 0 spiro atoms. The SMILES string of the molecule is CCNC(=NCc1nccn1CC(C)C)NC1CCC(C(=O)OCC)CC1.I. The van der Waals surface area contributed by atoms with E-state index in [2.05, 4.69) is 41.0 Å². The number of carbonyl (C=O) groups is 1. The summed E-state index contributed by atoms with van der Waals surface area (Å²) in [4.78, 5) is 21.0. The average Bonchev–Trinajstić information content (AvgIpc) is 3.07. The Bertz CT molecular complexity index is 609. The van der Waals surface area contributed by atoms with Gasteiger partial charge in [0.2, 0.25) is 0 Å². The van der Waals surface area contributed by atoms with Crippen molar-refractivity contribution in [1.29, 1.82) is 0 Å². The van der Waals surface area contributed by atoms with Gasteiger partial charge in [-0.15, -0.1) is 24.0 Å². The van der Waals surface area contributed by atoms with Gasteiger partial charge in [-0.3, -0.25) is 4.79 Å². The van der Waals surface area contributed by atoms with Gasteiger partial charge >= 0.3 is 5.97 Å². The van der Waals surface area contributed by atoms with E-state index in [4.69, 9.17) is 9.73 Å². The molecule has 0 radical (unpaired) electrons. The lowest BCUT2D eigenvalue weighted by Crippen LogP contribution is -2.45. The third-order valence-corrected chi connectivity index (χ3v) is 4.77. The van der Waals surface area contributed by atoms with Gasteiger partial charge in [-0.25, -0.2) is 9.98 Å². The van der Waals surface area contributed by atoms with Gasteiger partial charge in [-0.05, 0) is 45.4 Å². The van der Waals surface area contributed by atoms with E-state index in [-0.39, 0.29) is 35.9 Å². The van der Waals surface area contributed by atoms with Crippen molar-refractivity contribution in [3.05, 3.63) is 18.2 Å². The van der Waals surface area contributed by atoms with Crippen molar-refractivity contribution in [3.63, 3.8) is 0 Å². The minimum absolute atomic E-state index is 0. The second kappa shape index (κ2) is 13.0. The molecule has 0 aliphatic heterocycles. The number of imidazole rings is 1. The minimum Gasteiger partial charge on any atom is -0.466 e. The first kappa shape index (κ1) is 24.7. The molecule has 1 aliphatic rings. The molecule has 7 nitrogen and oxygen atoms in total. The Hall–Kier alpha value is -1.32. The highest BCUT2D eigenvalue weighted by atomic mass is 127. The maximum Gasteiger partial charge on any atom is 0.308 e. The van der Waals surface area contributed by atoms with Crippen molar-refractivity contribution in [2.45, 2.75) is 72.5 Å². The van der Waals surface area contributed by atoms with Crippen LogP contribution in [0.4, 0.5) is 0 Å². The number of hydrogen-bond acceptors (Lipinski definition) is 4. The number of carbonyl (C=O) groups excluding carboxylic acids is 1. The largest absolute Gasteiger partial charge is 0.466 e. The molecule has 0 amide bonds. The molecule has 1 aromatic heterocycles. The molecule has 2 N–H and O–H groups in total. The quantitative estimate of drug-likeness (QED) is 0.245. The molecule has 1 aromatic rings. The number of ether oxygens (including phenoxy) is 1. The highest BCUT2D eigenvalue weighted by molar-refractivity contribution is 14.0. The number of hydrogen-bond donors (Lipinski definition) is 2. The van der Waals surface area contributed by atoms with Crippen molar-refractivity contribution < 1.29 is 9.53 Å². The van der Waals surface area contributed by atoms with Gasteiger partial charge in [-0.1, -0.05) is 13.8 Å². The maximum atomic E-state index is 11.9. The minimum atomic E-state index is -0.0477. The third-order valence-electron chi connectivity index (χ3n) is 4.77. The van der Waals surface area contributed by atoms with E-state index in [0.717, 1.165) is 50.6 Å². The molecule has 0 bridgehead atoms. The molecule has 0 atom stereocenters. The predicted molar refractivity (Wildman–Crippen MR) is 123 cm³/mol. The summed E-state index contributed by atoms with van der Waals surface area (Å²) < 4.78 is 7.32. The van der Waals surface area contributed by atoms with Crippen LogP contribution < -0.4 is 10.6 Å². The third kappa shape index (κ3) is 7.97. The van der Waals surface area contributed by atoms with Crippen molar-refractivity contribution in [2.75, 3.05) is 13.2 Å². The van der Waals surface area contributed by atoms with E-state index >= 15 is 0 Å². The van der Waals surface area contributed by atoms with Crippen LogP contribution in [0.15, 0.2) is 17.4 Å². The normalized spacial score (nSPS) is 19.8. The van der Waals surface area contributed by atoms with Crippen molar-refractivity contribution in [3.8, 4) is 0 Å². The summed E-state index contributed by atoms with van der Waals surface area (Å²) in [6.45, 7) is 11.1. The van der Waals surface area contributed by atoms with Crippen molar-refractivity contribution in [2.24, 2.45) is 16.8 Å². The highest BCUT2D eigenvalue weighted by Crippen LogP contribution is 2.25. The van der Waals surface area contributed by atoms with Crippen LogP contribution in [-0.4, -0.2) is 40.7 Å². The maximum absolute atomic E-state index is 11.9. The molecule has 1 saturated carbocycles. The van der Waals surface area contributed by atoms with Crippen LogP contribution in [-0.2, 0) is 22.6 Å². The first-order chi connectivity index (χ1) is 13.0. The van der Waals surface area contributed by atoms with Gasteiger partial charge in [0.05, 0.1) is 12.5 Å². The van der Waals surface area contributed by atoms with E-state index in [1.165, 1.54) is 0 Å². The van der Waals surface area contributed by atoms with Crippen LogP contribution in [0.5, 0.6) is 0 Å². The van der Waals surface area contributed by atoms with Gasteiger partial charge in [0.25, 0.3) is 0 Å². The first-order valence-corrected chi connectivity index (χ1v) is 10.2. The van der Waals surface area contributed by atoms with Gasteiger partial charge in [0, 0.05) is 31.5 Å². The van der Waals surface area contributed by atoms with E-state index in [1.54, 1.807) is 0 Å². The molecule has 1 aliphatic carbocycles. The second-order valence-corrected chi connectivity index (χ2v) is 7.53. The van der Waals surface area contributed by atoms with E-state index in [0.29, 0.717) is 25.1 Å². The van der Waals surface area contributed by atoms with Crippen LogP contribution in [0.2, 0.25) is 0 Å². The highest BCUT2D eigenvalue weighted by Gasteiger charge is 2.27. The van der Waals surface area contributed by atoms with Crippen molar-refractivity contribution in [1.82, 2.24) is 20.2 Å². The monoisotopic (exact) mass is 505 g/mol. The lowest BCUT2D eigenvalue weighted by Gasteiger charge is -2.29. The van der Waals surface area contributed by atoms with E-state index in [9.17, 15) is 4.79 Å². The molecular weight excluding hydrogens is 469 g/mol. The second-order valence-electron chi connectivity index (χ2n) is 7.53. The Morgan fingerprint density at radius 1 is 1.32 bits per heavy atom. The zero-order valence-corrected chi connectivity index (χ0v) is 19.9. The Morgan fingerprint density at radius 3 is 2.64 bits per heavy atom. The average molecular weight is 505 g/mol. The van der Waals surface area contributed by atoms with Crippen LogP contribution in [0, 0.1) is 11.8 Å².